The van der Waals surface area contributed by atoms with Crippen LogP contribution in [0.5, 0.6) is 5.75 Å². The van der Waals surface area contributed by atoms with Gasteiger partial charge in [0.25, 0.3) is 5.56 Å². The van der Waals surface area contributed by atoms with Gasteiger partial charge >= 0.3 is 0 Å². The Balaban J connectivity index is 2.50. The molecule has 21 heavy (non-hydrogen) atoms. The van der Waals surface area contributed by atoms with Gasteiger partial charge in [-0.05, 0) is 42.3 Å². The first kappa shape index (κ1) is 15.7. The van der Waals surface area contributed by atoms with Crippen LogP contribution >= 0.6 is 12.6 Å². The standard InChI is InChI=1S/C17H21NO2S/c1-3-4-11-18-16(10-7-14(12-21)17(18)19)13-5-8-15(20-2)9-6-13/h5-10,21H,3-4,11-12H2,1-2H3. The van der Waals surface area contributed by atoms with Gasteiger partial charge in [0.15, 0.2) is 0 Å². The van der Waals surface area contributed by atoms with E-state index in [4.69, 9.17) is 4.74 Å². The molecule has 3 nitrogen and oxygen atoms in total. The van der Waals surface area contributed by atoms with Gasteiger partial charge in [-0.15, -0.1) is 0 Å². The van der Waals surface area contributed by atoms with Crippen molar-refractivity contribution in [3.63, 3.8) is 0 Å². The molecule has 0 amide bonds. The molecular formula is C17H21NO2S. The first-order valence-corrected chi connectivity index (χ1v) is 7.82. The zero-order chi connectivity index (χ0) is 15.2. The van der Waals surface area contributed by atoms with Crippen molar-refractivity contribution in [1.82, 2.24) is 4.57 Å². The molecule has 0 bridgehead atoms. The summed E-state index contributed by atoms with van der Waals surface area (Å²) in [6, 6.07) is 11.7. The highest BCUT2D eigenvalue weighted by molar-refractivity contribution is 7.79. The molecule has 0 saturated carbocycles. The number of benzene rings is 1. The Morgan fingerprint density at radius 2 is 1.86 bits per heavy atom. The van der Waals surface area contributed by atoms with E-state index in [1.807, 2.05) is 41.0 Å². The van der Waals surface area contributed by atoms with Crippen LogP contribution in [0.1, 0.15) is 25.3 Å². The number of rotatable bonds is 6. The maximum atomic E-state index is 12.5. The minimum absolute atomic E-state index is 0.0618. The molecule has 0 aliphatic carbocycles. The van der Waals surface area contributed by atoms with Crippen molar-refractivity contribution in [2.24, 2.45) is 0 Å². The Hall–Kier alpha value is -1.68. The summed E-state index contributed by atoms with van der Waals surface area (Å²) in [5, 5.41) is 0. The lowest BCUT2D eigenvalue weighted by atomic mass is 10.1. The lowest BCUT2D eigenvalue weighted by Crippen LogP contribution is -2.24. The van der Waals surface area contributed by atoms with Crippen LogP contribution in [0.15, 0.2) is 41.2 Å². The Kier molecular flexibility index (Phi) is 5.51. The maximum Gasteiger partial charge on any atom is 0.255 e. The first-order chi connectivity index (χ1) is 10.2. The zero-order valence-corrected chi connectivity index (χ0v) is 13.4. The summed E-state index contributed by atoms with van der Waals surface area (Å²) >= 11 is 4.24. The Bertz CT molecular complexity index is 647. The molecule has 0 atom stereocenters. The summed E-state index contributed by atoms with van der Waals surface area (Å²) in [7, 11) is 1.65. The van der Waals surface area contributed by atoms with E-state index in [1.54, 1.807) is 7.11 Å². The van der Waals surface area contributed by atoms with E-state index in [0.29, 0.717) is 5.75 Å². The number of hydrogen-bond acceptors (Lipinski definition) is 3. The van der Waals surface area contributed by atoms with Crippen LogP contribution in [0.4, 0.5) is 0 Å². The van der Waals surface area contributed by atoms with Crippen molar-refractivity contribution in [2.45, 2.75) is 32.1 Å². The molecule has 1 aromatic carbocycles. The molecule has 0 aliphatic heterocycles. The van der Waals surface area contributed by atoms with Crippen molar-refractivity contribution < 1.29 is 4.74 Å². The number of unbranched alkanes of at least 4 members (excludes halogenated alkanes) is 1. The quantitative estimate of drug-likeness (QED) is 0.824. The van der Waals surface area contributed by atoms with Crippen LogP contribution in [-0.2, 0) is 12.3 Å². The van der Waals surface area contributed by atoms with Crippen LogP contribution in [0.2, 0.25) is 0 Å². The predicted molar refractivity (Wildman–Crippen MR) is 90.3 cm³/mol. The van der Waals surface area contributed by atoms with Crippen LogP contribution in [0.25, 0.3) is 11.3 Å². The number of aromatic nitrogens is 1. The monoisotopic (exact) mass is 303 g/mol. The maximum absolute atomic E-state index is 12.5. The Morgan fingerprint density at radius 1 is 1.14 bits per heavy atom. The molecule has 0 radical (unpaired) electrons. The third-order valence-corrected chi connectivity index (χ3v) is 3.89. The number of pyridine rings is 1. The highest BCUT2D eigenvalue weighted by Crippen LogP contribution is 2.22. The van der Waals surface area contributed by atoms with Crippen molar-refractivity contribution in [2.75, 3.05) is 7.11 Å². The normalized spacial score (nSPS) is 10.6. The molecule has 0 fully saturated rings. The molecule has 0 unspecified atom stereocenters. The number of thiol groups is 1. The van der Waals surface area contributed by atoms with Gasteiger partial charge < -0.3 is 9.30 Å². The smallest absolute Gasteiger partial charge is 0.255 e. The molecule has 1 aromatic heterocycles. The van der Waals surface area contributed by atoms with Gasteiger partial charge in [-0.2, -0.15) is 12.6 Å². The van der Waals surface area contributed by atoms with Gasteiger partial charge in [-0.1, -0.05) is 19.4 Å². The topological polar surface area (TPSA) is 31.2 Å². The Morgan fingerprint density at radius 3 is 2.43 bits per heavy atom. The van der Waals surface area contributed by atoms with Crippen molar-refractivity contribution >= 4 is 12.6 Å². The zero-order valence-electron chi connectivity index (χ0n) is 12.5. The predicted octanol–water partition coefficient (Wildman–Crippen LogP) is 3.75. The van der Waals surface area contributed by atoms with E-state index in [2.05, 4.69) is 19.6 Å². The molecule has 112 valence electrons. The fourth-order valence-electron chi connectivity index (χ4n) is 2.30. The van der Waals surface area contributed by atoms with Crippen molar-refractivity contribution in [3.05, 3.63) is 52.3 Å². The van der Waals surface area contributed by atoms with Gasteiger partial charge in [0, 0.05) is 17.9 Å². The van der Waals surface area contributed by atoms with Crippen molar-refractivity contribution in [1.29, 1.82) is 0 Å². The van der Waals surface area contributed by atoms with Gasteiger partial charge in [0.1, 0.15) is 5.75 Å². The van der Waals surface area contributed by atoms with Gasteiger partial charge in [-0.3, -0.25) is 4.79 Å². The van der Waals surface area contributed by atoms with Gasteiger partial charge in [0.2, 0.25) is 0 Å². The summed E-state index contributed by atoms with van der Waals surface area (Å²) in [6.45, 7) is 2.86. The van der Waals surface area contributed by atoms with E-state index in [1.165, 1.54) is 0 Å². The second kappa shape index (κ2) is 7.36. The highest BCUT2D eigenvalue weighted by Gasteiger charge is 2.09. The summed E-state index contributed by atoms with van der Waals surface area (Å²) < 4.78 is 7.04. The van der Waals surface area contributed by atoms with Crippen molar-refractivity contribution in [3.8, 4) is 17.0 Å². The van der Waals surface area contributed by atoms with E-state index in [0.717, 1.165) is 42.0 Å². The molecule has 0 saturated heterocycles. The average molecular weight is 303 g/mol. The molecule has 0 N–H and O–H groups in total. The molecule has 2 aromatic rings. The average Bonchev–Trinajstić information content (AvgIpc) is 2.53. The molecule has 0 spiro atoms. The lowest BCUT2D eigenvalue weighted by Gasteiger charge is -2.14. The molecule has 0 aliphatic rings. The molecular weight excluding hydrogens is 282 g/mol. The second-order valence-electron chi connectivity index (χ2n) is 4.94. The van der Waals surface area contributed by atoms with E-state index >= 15 is 0 Å². The summed E-state index contributed by atoms with van der Waals surface area (Å²) in [4.78, 5) is 12.5. The second-order valence-corrected chi connectivity index (χ2v) is 5.26. The number of ether oxygens (including phenoxy) is 1. The minimum atomic E-state index is 0.0618. The summed E-state index contributed by atoms with van der Waals surface area (Å²) in [6.07, 6.45) is 2.04. The fraction of sp³-hybridized carbons (Fsp3) is 0.353. The number of nitrogens with zero attached hydrogens (tertiary/aromatic N) is 1. The van der Waals surface area contributed by atoms with Crippen LogP contribution in [0, 0.1) is 0 Å². The van der Waals surface area contributed by atoms with Crippen LogP contribution in [0.3, 0.4) is 0 Å². The minimum Gasteiger partial charge on any atom is -0.497 e. The lowest BCUT2D eigenvalue weighted by molar-refractivity contribution is 0.415. The molecule has 4 heteroatoms. The number of hydrogen-bond donors (Lipinski definition) is 1. The van der Waals surface area contributed by atoms with Gasteiger partial charge in [0.05, 0.1) is 12.8 Å². The van der Waals surface area contributed by atoms with E-state index < -0.39 is 0 Å². The third-order valence-electron chi connectivity index (χ3n) is 3.54. The van der Waals surface area contributed by atoms with E-state index in [-0.39, 0.29) is 5.56 Å². The molecule has 1 heterocycles. The fourth-order valence-corrected chi connectivity index (χ4v) is 2.54. The Labute approximate surface area is 131 Å². The summed E-state index contributed by atoms with van der Waals surface area (Å²) in [5.74, 6) is 1.28. The van der Waals surface area contributed by atoms with Crippen LogP contribution < -0.4 is 10.3 Å². The first-order valence-electron chi connectivity index (χ1n) is 7.19. The highest BCUT2D eigenvalue weighted by atomic mass is 32.1. The van der Waals surface area contributed by atoms with Crippen LogP contribution in [-0.4, -0.2) is 11.7 Å². The van der Waals surface area contributed by atoms with E-state index in [9.17, 15) is 4.79 Å². The third kappa shape index (κ3) is 3.50. The summed E-state index contributed by atoms with van der Waals surface area (Å²) in [5.41, 5.74) is 2.77. The van der Waals surface area contributed by atoms with Gasteiger partial charge in [-0.25, -0.2) is 0 Å². The molecule has 2 rings (SSSR count). The number of methoxy groups -OCH3 is 1. The SMILES string of the molecule is CCCCn1c(-c2ccc(OC)cc2)ccc(CS)c1=O. The largest absolute Gasteiger partial charge is 0.497 e.